The molecule has 0 atom stereocenters. The summed E-state index contributed by atoms with van der Waals surface area (Å²) in [6.07, 6.45) is 15.8. The first-order valence-electron chi connectivity index (χ1n) is 15.9. The predicted molar refractivity (Wildman–Crippen MR) is 197 cm³/mol. The molecule has 0 spiro atoms. The van der Waals surface area contributed by atoms with Gasteiger partial charge in [0, 0.05) is 39.2 Å². The standard InChI is InChI=1S/C39H25N3O.C6H4N.2Pt/c1-41-21-22-42(28-41)34-15-10-16-35(27-34)43-36-24-32(38-18-9-8-17-37(38)30-13-6-3-7-14-30)23-33(25-36)39-26-31(19-20-40-39)29-11-4-2-5-12-29;1-2-7-5-3-4-6-7;;/h2-11,13-22,24,28H,1H3;3-6H;;/q-6;-1;;+4. The van der Waals surface area contributed by atoms with E-state index >= 15 is 0 Å². The Labute approximate surface area is 334 Å². The van der Waals surface area contributed by atoms with Gasteiger partial charge in [-0.1, -0.05) is 60.3 Å². The van der Waals surface area contributed by atoms with Crippen molar-refractivity contribution in [3.05, 3.63) is 196 Å². The zero-order chi connectivity index (χ0) is 34.1. The first kappa shape index (κ1) is 37.9. The molecule has 7 aromatic rings. The Balaban J connectivity index is 0.000000523. The van der Waals surface area contributed by atoms with Crippen LogP contribution in [-0.2, 0) is 42.1 Å². The Hall–Kier alpha value is -5.39. The molecule has 0 unspecified atom stereocenters. The first-order chi connectivity index (χ1) is 24.6. The Morgan fingerprint density at radius 1 is 0.712 bits per heavy atom. The first-order valence-corrected chi connectivity index (χ1v) is 15.9. The summed E-state index contributed by atoms with van der Waals surface area (Å²) in [5.74, 6) is 1.11. The van der Waals surface area contributed by atoms with E-state index < -0.39 is 0 Å². The predicted octanol–water partition coefficient (Wildman–Crippen LogP) is 9.76. The molecule has 0 fully saturated rings. The van der Waals surface area contributed by atoms with E-state index in [2.05, 4.69) is 71.7 Å². The molecule has 0 saturated heterocycles. The van der Waals surface area contributed by atoms with Crippen LogP contribution >= 0.6 is 0 Å². The number of aromatic nitrogens is 2. The second-order valence-corrected chi connectivity index (χ2v) is 11.3. The summed E-state index contributed by atoms with van der Waals surface area (Å²) in [6.45, 7) is 1.98. The molecule has 258 valence electrons. The molecular formula is C45H29N4OPt2-3. The monoisotopic (exact) mass is 1030 g/mol. The van der Waals surface area contributed by atoms with Crippen molar-refractivity contribution in [1.29, 1.82) is 0 Å². The van der Waals surface area contributed by atoms with Gasteiger partial charge in [0.2, 0.25) is 0 Å². The van der Waals surface area contributed by atoms with Gasteiger partial charge in [-0.05, 0) is 54.5 Å². The molecule has 0 saturated carbocycles. The van der Waals surface area contributed by atoms with E-state index in [1.54, 1.807) is 23.2 Å². The van der Waals surface area contributed by atoms with Gasteiger partial charge in [-0.2, -0.15) is 60.4 Å². The minimum atomic E-state index is 0. The van der Waals surface area contributed by atoms with Crippen LogP contribution in [0.4, 0.5) is 5.69 Å². The molecule has 0 amide bonds. The summed E-state index contributed by atoms with van der Waals surface area (Å²) >= 11 is 0. The van der Waals surface area contributed by atoms with Gasteiger partial charge >= 0.3 is 21.1 Å². The fourth-order valence-corrected chi connectivity index (χ4v) is 5.40. The molecule has 0 N–H and O–H groups in total. The SMILES string of the molecule is CN1C=CN(c2[c-]c(Oc3[c-]c(-c4[c-]c(-c5[c-]cccc5)ccn4)[c-]c(-c4ccccc4-c4ccccc4)c3)ccc2)[CH-]1.[C-]#Cn1cccc1.[Pt+4].[Pt]. The van der Waals surface area contributed by atoms with Crippen molar-refractivity contribution in [2.45, 2.75) is 0 Å². The Morgan fingerprint density at radius 3 is 2.19 bits per heavy atom. The fraction of sp³-hybridized carbons (Fsp3) is 0.0222. The van der Waals surface area contributed by atoms with Gasteiger partial charge in [0.25, 0.3) is 0 Å². The van der Waals surface area contributed by atoms with Crippen LogP contribution in [-0.4, -0.2) is 21.5 Å². The van der Waals surface area contributed by atoms with Gasteiger partial charge in [0.05, 0.1) is 0 Å². The minimum absolute atomic E-state index is 0. The van der Waals surface area contributed by atoms with Gasteiger partial charge in [-0.25, -0.2) is 17.2 Å². The van der Waals surface area contributed by atoms with Crippen LogP contribution < -0.4 is 9.64 Å². The maximum absolute atomic E-state index is 6.57. The quantitative estimate of drug-likeness (QED) is 0.118. The molecule has 52 heavy (non-hydrogen) atoms. The third kappa shape index (κ3) is 9.28. The fourth-order valence-electron chi connectivity index (χ4n) is 5.40. The van der Waals surface area contributed by atoms with E-state index in [9.17, 15) is 0 Å². The van der Waals surface area contributed by atoms with Gasteiger partial charge in [0.15, 0.2) is 0 Å². The third-order valence-corrected chi connectivity index (χ3v) is 7.77. The molecular weight excluding hydrogens is 1000 g/mol. The van der Waals surface area contributed by atoms with Crippen LogP contribution in [0.5, 0.6) is 11.5 Å². The largest absolute Gasteiger partial charge is 4.00 e. The van der Waals surface area contributed by atoms with Crippen molar-refractivity contribution in [3.8, 4) is 62.2 Å². The zero-order valence-electron chi connectivity index (χ0n) is 27.8. The van der Waals surface area contributed by atoms with E-state index in [0.717, 1.165) is 39.1 Å². The van der Waals surface area contributed by atoms with E-state index in [1.165, 1.54) is 0 Å². The maximum Gasteiger partial charge on any atom is 4.00 e. The zero-order valence-corrected chi connectivity index (χ0v) is 32.4. The molecule has 1 aliphatic heterocycles. The third-order valence-electron chi connectivity index (χ3n) is 7.77. The Kier molecular flexibility index (Phi) is 13.3. The average molecular weight is 1030 g/mol. The molecule has 7 heteroatoms. The summed E-state index contributed by atoms with van der Waals surface area (Å²) in [6, 6.07) is 59.2. The van der Waals surface area contributed by atoms with Crippen molar-refractivity contribution in [3.63, 3.8) is 0 Å². The van der Waals surface area contributed by atoms with Gasteiger partial charge in [0.1, 0.15) is 0 Å². The van der Waals surface area contributed by atoms with Gasteiger partial charge in [-0.3, -0.25) is 12.1 Å². The van der Waals surface area contributed by atoms with Crippen molar-refractivity contribution in [2.24, 2.45) is 0 Å². The number of anilines is 1. The van der Waals surface area contributed by atoms with Crippen molar-refractivity contribution < 1.29 is 46.9 Å². The van der Waals surface area contributed by atoms with E-state index in [0.29, 0.717) is 22.8 Å². The number of ether oxygens (including phenoxy) is 1. The van der Waals surface area contributed by atoms with Crippen molar-refractivity contribution in [2.75, 3.05) is 11.9 Å². The van der Waals surface area contributed by atoms with Crippen molar-refractivity contribution in [1.82, 2.24) is 14.5 Å². The smallest absolute Gasteiger partial charge is 0.669 e. The molecule has 0 radical (unpaired) electrons. The normalized spacial score (nSPS) is 11.4. The molecule has 5 nitrogen and oxygen atoms in total. The van der Waals surface area contributed by atoms with E-state index in [4.69, 9.17) is 11.2 Å². The van der Waals surface area contributed by atoms with Crippen LogP contribution in [0.2, 0.25) is 0 Å². The van der Waals surface area contributed by atoms with Crippen LogP contribution in [0.1, 0.15) is 0 Å². The Morgan fingerprint density at radius 2 is 1.48 bits per heavy atom. The minimum Gasteiger partial charge on any atom is -0.669 e. The molecule has 3 heterocycles. The second kappa shape index (κ2) is 18.2. The summed E-state index contributed by atoms with van der Waals surface area (Å²) < 4.78 is 7.97. The number of hydrogen-bond acceptors (Lipinski definition) is 4. The molecule has 5 aromatic carbocycles. The van der Waals surface area contributed by atoms with Crippen LogP contribution in [0, 0.1) is 49.5 Å². The molecule has 8 rings (SSSR count). The summed E-state index contributed by atoms with van der Waals surface area (Å²) in [5, 5.41) is 0. The Bertz CT molecular complexity index is 2270. The summed E-state index contributed by atoms with van der Waals surface area (Å²) in [5.41, 5.74) is 8.10. The van der Waals surface area contributed by atoms with Gasteiger partial charge in [-0.15, -0.1) is 30.0 Å². The topological polar surface area (TPSA) is 33.5 Å². The number of hydrogen-bond donors (Lipinski definition) is 0. The molecule has 0 bridgehead atoms. The number of pyridine rings is 1. The summed E-state index contributed by atoms with van der Waals surface area (Å²) in [7, 11) is 1.98. The van der Waals surface area contributed by atoms with Crippen LogP contribution in [0.3, 0.4) is 0 Å². The number of rotatable bonds is 7. The van der Waals surface area contributed by atoms with Crippen LogP contribution in [0.25, 0.3) is 44.6 Å². The van der Waals surface area contributed by atoms with Gasteiger partial charge < -0.3 is 42.1 Å². The second-order valence-electron chi connectivity index (χ2n) is 11.3. The van der Waals surface area contributed by atoms with E-state index in [1.807, 2.05) is 127 Å². The van der Waals surface area contributed by atoms with Crippen LogP contribution in [0.15, 0.2) is 152 Å². The molecule has 0 aliphatic carbocycles. The molecule has 2 aromatic heterocycles. The van der Waals surface area contributed by atoms with Crippen molar-refractivity contribution >= 4 is 5.69 Å². The summed E-state index contributed by atoms with van der Waals surface area (Å²) in [4.78, 5) is 8.63. The maximum atomic E-state index is 6.57. The molecule has 1 aliphatic rings. The number of nitrogens with zero attached hydrogens (tertiary/aromatic N) is 4. The van der Waals surface area contributed by atoms with E-state index in [-0.39, 0.29) is 42.1 Å². The number of benzene rings is 5. The average Bonchev–Trinajstić information content (AvgIpc) is 3.88.